The maximum Gasteiger partial charge on any atom is 0.173 e. The van der Waals surface area contributed by atoms with Gasteiger partial charge in [-0.1, -0.05) is 23.2 Å². The van der Waals surface area contributed by atoms with Crippen molar-refractivity contribution in [1.29, 1.82) is 0 Å². The fourth-order valence-corrected chi connectivity index (χ4v) is 4.17. The van der Waals surface area contributed by atoms with Gasteiger partial charge < -0.3 is 4.74 Å². The molecule has 0 spiro atoms. The molecule has 2 heterocycles. The lowest BCUT2D eigenvalue weighted by Crippen LogP contribution is -1.93. The monoisotopic (exact) mass is 402 g/mol. The number of halogens is 3. The van der Waals surface area contributed by atoms with Crippen LogP contribution in [0.2, 0.25) is 10.2 Å². The number of aromatic nitrogens is 2. The minimum absolute atomic E-state index is 0.381. The quantitative estimate of drug-likeness (QED) is 0.511. The molecular weight excluding hydrogens is 395 g/mol. The SMILES string of the molecule is COc1cc(Br)c2c(Cl)nc(-c3scc(C)c3Cl)nc2c1. The summed E-state index contributed by atoms with van der Waals surface area (Å²) in [5.41, 5.74) is 1.71. The van der Waals surface area contributed by atoms with E-state index in [1.807, 2.05) is 24.4 Å². The highest BCUT2D eigenvalue weighted by molar-refractivity contribution is 9.10. The molecule has 3 nitrogen and oxygen atoms in total. The molecule has 0 bridgehead atoms. The fraction of sp³-hybridized carbons (Fsp3) is 0.143. The average molecular weight is 404 g/mol. The molecule has 0 N–H and O–H groups in total. The number of benzene rings is 1. The molecule has 0 unspecified atom stereocenters. The highest BCUT2D eigenvalue weighted by atomic mass is 79.9. The molecule has 0 saturated heterocycles. The number of thiophene rings is 1. The zero-order valence-corrected chi connectivity index (χ0v) is 15.0. The summed E-state index contributed by atoms with van der Waals surface area (Å²) < 4.78 is 6.05. The van der Waals surface area contributed by atoms with E-state index in [4.69, 9.17) is 27.9 Å². The van der Waals surface area contributed by atoms with Gasteiger partial charge in [0.2, 0.25) is 0 Å². The van der Waals surface area contributed by atoms with Crippen LogP contribution in [0.25, 0.3) is 21.6 Å². The van der Waals surface area contributed by atoms with Crippen LogP contribution >= 0.6 is 50.5 Å². The lowest BCUT2D eigenvalue weighted by atomic mass is 10.2. The van der Waals surface area contributed by atoms with Crippen LogP contribution in [0.4, 0.5) is 0 Å². The number of fused-ring (bicyclic) bond motifs is 1. The molecule has 1 aromatic carbocycles. The third-order valence-electron chi connectivity index (χ3n) is 3.02. The Hall–Kier alpha value is -0.880. The Balaban J connectivity index is 2.29. The average Bonchev–Trinajstić information content (AvgIpc) is 2.78. The molecule has 0 radical (unpaired) electrons. The minimum atomic E-state index is 0.381. The Bertz CT molecular complexity index is 851. The summed E-state index contributed by atoms with van der Waals surface area (Å²) in [6, 6.07) is 3.66. The van der Waals surface area contributed by atoms with Gasteiger partial charge in [-0.2, -0.15) is 0 Å². The zero-order valence-electron chi connectivity index (χ0n) is 11.1. The van der Waals surface area contributed by atoms with Crippen LogP contribution in [0.15, 0.2) is 22.0 Å². The third kappa shape index (κ3) is 2.63. The van der Waals surface area contributed by atoms with Gasteiger partial charge in [0.15, 0.2) is 5.82 Å². The van der Waals surface area contributed by atoms with E-state index in [1.54, 1.807) is 7.11 Å². The van der Waals surface area contributed by atoms with Gasteiger partial charge >= 0.3 is 0 Å². The molecule has 3 aromatic rings. The van der Waals surface area contributed by atoms with Crippen LogP contribution in [-0.4, -0.2) is 17.1 Å². The Kier molecular flexibility index (Phi) is 4.10. The summed E-state index contributed by atoms with van der Waals surface area (Å²) in [6.07, 6.45) is 0. The molecule has 0 aliphatic rings. The first-order chi connectivity index (χ1) is 10.0. The van der Waals surface area contributed by atoms with Crippen molar-refractivity contribution in [2.75, 3.05) is 7.11 Å². The van der Waals surface area contributed by atoms with E-state index in [9.17, 15) is 0 Å². The molecule has 0 amide bonds. The Morgan fingerprint density at radius 3 is 2.62 bits per heavy atom. The molecule has 0 saturated carbocycles. The van der Waals surface area contributed by atoms with Gasteiger partial charge in [-0.25, -0.2) is 9.97 Å². The summed E-state index contributed by atoms with van der Waals surface area (Å²) >= 11 is 17.6. The summed E-state index contributed by atoms with van der Waals surface area (Å²) in [7, 11) is 1.61. The Morgan fingerprint density at radius 2 is 2.00 bits per heavy atom. The molecule has 0 atom stereocenters. The molecule has 7 heteroatoms. The van der Waals surface area contributed by atoms with Crippen molar-refractivity contribution in [2.24, 2.45) is 0 Å². The molecular formula is C14H9BrCl2N2OS. The van der Waals surface area contributed by atoms with Gasteiger partial charge in [0.1, 0.15) is 10.9 Å². The van der Waals surface area contributed by atoms with Crippen molar-refractivity contribution >= 4 is 61.4 Å². The van der Waals surface area contributed by atoms with Gasteiger partial charge in [0, 0.05) is 10.5 Å². The first kappa shape index (κ1) is 15.0. The van der Waals surface area contributed by atoms with Crippen molar-refractivity contribution in [2.45, 2.75) is 6.92 Å². The number of rotatable bonds is 2. The fourth-order valence-electron chi connectivity index (χ4n) is 1.95. The second-order valence-corrected chi connectivity index (χ2v) is 6.87. The van der Waals surface area contributed by atoms with E-state index in [0.717, 1.165) is 20.3 Å². The number of methoxy groups -OCH3 is 1. The van der Waals surface area contributed by atoms with Gasteiger partial charge in [-0.15, -0.1) is 11.3 Å². The maximum atomic E-state index is 6.31. The summed E-state index contributed by atoms with van der Waals surface area (Å²) in [4.78, 5) is 9.76. The molecule has 0 aliphatic carbocycles. The molecule has 2 aromatic heterocycles. The highest BCUT2D eigenvalue weighted by Gasteiger charge is 2.16. The van der Waals surface area contributed by atoms with Crippen LogP contribution in [-0.2, 0) is 0 Å². The van der Waals surface area contributed by atoms with Gasteiger partial charge in [-0.05, 0) is 39.9 Å². The first-order valence-corrected chi connectivity index (χ1v) is 8.39. The summed E-state index contributed by atoms with van der Waals surface area (Å²) in [5, 5.41) is 3.77. The third-order valence-corrected chi connectivity index (χ3v) is 5.61. The van der Waals surface area contributed by atoms with Crippen molar-refractivity contribution in [3.8, 4) is 16.5 Å². The molecule has 21 heavy (non-hydrogen) atoms. The minimum Gasteiger partial charge on any atom is -0.497 e. The maximum absolute atomic E-state index is 6.31. The molecule has 0 fully saturated rings. The van der Waals surface area contributed by atoms with Crippen LogP contribution < -0.4 is 4.74 Å². The molecule has 3 rings (SSSR count). The van der Waals surface area contributed by atoms with E-state index in [1.165, 1.54) is 11.3 Å². The highest BCUT2D eigenvalue weighted by Crippen LogP contribution is 2.38. The second kappa shape index (κ2) is 5.72. The standard InChI is InChI=1S/C14H9BrCl2N2OS/c1-6-5-21-12(11(6)16)14-18-9-4-7(20-2)3-8(15)10(9)13(17)19-14/h3-5H,1-2H3. The van der Waals surface area contributed by atoms with Crippen molar-refractivity contribution in [1.82, 2.24) is 9.97 Å². The number of aryl methyl sites for hydroxylation is 1. The lowest BCUT2D eigenvalue weighted by Gasteiger charge is -2.08. The van der Waals surface area contributed by atoms with Gasteiger partial charge in [0.05, 0.1) is 27.9 Å². The zero-order chi connectivity index (χ0) is 15.1. The van der Waals surface area contributed by atoms with Crippen LogP contribution in [0.1, 0.15) is 5.56 Å². The van der Waals surface area contributed by atoms with E-state index in [2.05, 4.69) is 25.9 Å². The van der Waals surface area contributed by atoms with E-state index in [0.29, 0.717) is 27.3 Å². The largest absolute Gasteiger partial charge is 0.497 e. The predicted molar refractivity (Wildman–Crippen MR) is 91.9 cm³/mol. The molecule has 108 valence electrons. The number of hydrogen-bond acceptors (Lipinski definition) is 4. The molecule has 0 aliphatic heterocycles. The predicted octanol–water partition coefficient (Wildman–Crippen LogP) is 5.74. The normalized spacial score (nSPS) is 11.1. The van der Waals surface area contributed by atoms with Crippen molar-refractivity contribution in [3.05, 3.63) is 37.7 Å². The lowest BCUT2D eigenvalue weighted by molar-refractivity contribution is 0.415. The van der Waals surface area contributed by atoms with E-state index >= 15 is 0 Å². The topological polar surface area (TPSA) is 35.0 Å². The number of nitrogens with zero attached hydrogens (tertiary/aromatic N) is 2. The van der Waals surface area contributed by atoms with Crippen molar-refractivity contribution < 1.29 is 4.74 Å². The smallest absolute Gasteiger partial charge is 0.173 e. The summed E-state index contributed by atoms with van der Waals surface area (Å²) in [6.45, 7) is 1.95. The number of ether oxygens (including phenoxy) is 1. The number of hydrogen-bond donors (Lipinski definition) is 0. The summed E-state index contributed by atoms with van der Waals surface area (Å²) in [5.74, 6) is 1.22. The van der Waals surface area contributed by atoms with Crippen molar-refractivity contribution in [3.63, 3.8) is 0 Å². The Morgan fingerprint density at radius 1 is 1.24 bits per heavy atom. The second-order valence-electron chi connectivity index (χ2n) is 4.40. The van der Waals surface area contributed by atoms with E-state index < -0.39 is 0 Å². The van der Waals surface area contributed by atoms with Crippen LogP contribution in [0.3, 0.4) is 0 Å². The Labute approximate surface area is 144 Å². The van der Waals surface area contributed by atoms with E-state index in [-0.39, 0.29) is 0 Å². The van der Waals surface area contributed by atoms with Crippen LogP contribution in [0, 0.1) is 6.92 Å². The van der Waals surface area contributed by atoms with Gasteiger partial charge in [-0.3, -0.25) is 0 Å². The van der Waals surface area contributed by atoms with Crippen LogP contribution in [0.5, 0.6) is 5.75 Å². The van der Waals surface area contributed by atoms with Gasteiger partial charge in [0.25, 0.3) is 0 Å². The first-order valence-electron chi connectivity index (χ1n) is 5.96.